The summed E-state index contributed by atoms with van der Waals surface area (Å²) in [5.41, 5.74) is 6.25. The van der Waals surface area contributed by atoms with Crippen molar-refractivity contribution in [2.75, 3.05) is 20.2 Å². The van der Waals surface area contributed by atoms with E-state index in [0.717, 1.165) is 47.4 Å². The van der Waals surface area contributed by atoms with Crippen molar-refractivity contribution in [3.8, 4) is 5.75 Å². The number of hydrogen-bond acceptors (Lipinski definition) is 6. The van der Waals surface area contributed by atoms with Crippen LogP contribution in [0.25, 0.3) is 5.57 Å². The van der Waals surface area contributed by atoms with Gasteiger partial charge in [-0.1, -0.05) is 6.08 Å². The third-order valence-electron chi connectivity index (χ3n) is 6.98. The highest BCUT2D eigenvalue weighted by molar-refractivity contribution is 5.96. The lowest BCUT2D eigenvalue weighted by Crippen LogP contribution is -2.59. The average Bonchev–Trinajstić information content (AvgIpc) is 3.51. The number of carbonyl (C=O) groups excluding carboxylic acids is 2. The fourth-order valence-electron chi connectivity index (χ4n) is 5.12. The molecule has 1 spiro atoms. The van der Waals surface area contributed by atoms with Gasteiger partial charge in [0.1, 0.15) is 5.75 Å². The monoisotopic (exact) mass is 413 g/mol. The van der Waals surface area contributed by atoms with Gasteiger partial charge in [0.15, 0.2) is 5.78 Å². The van der Waals surface area contributed by atoms with Crippen molar-refractivity contribution in [3.05, 3.63) is 34.9 Å². The molecule has 1 saturated heterocycles. The Hall–Kier alpha value is -2.22. The van der Waals surface area contributed by atoms with Gasteiger partial charge in [0.05, 0.1) is 25.1 Å². The standard InChI is InChI=1S/C23H31N3O4/c1-13-8-16(9-14(2)21(13)30-3)15-4-7-24-18(10-15)20(27)19-17(22(28)26-29)11-23(5-6-23)12-25-19/h4,8-9,17-19,24-25,29H,5-7,10-12H2,1-3H3,(H,26,28). The SMILES string of the molecule is COc1c(C)cc(C2=CCNC(C(=O)C3NCC4(CC4)CC3C(=O)NO)C2)cc1C. The van der Waals surface area contributed by atoms with Gasteiger partial charge in [-0.15, -0.1) is 0 Å². The van der Waals surface area contributed by atoms with Crippen molar-refractivity contribution >= 4 is 17.3 Å². The second-order valence-corrected chi connectivity index (χ2v) is 9.09. The molecule has 1 aromatic rings. The van der Waals surface area contributed by atoms with E-state index < -0.39 is 17.9 Å². The normalized spacial score (nSPS) is 27.3. The first-order chi connectivity index (χ1) is 14.4. The molecule has 2 fully saturated rings. The van der Waals surface area contributed by atoms with Gasteiger partial charge in [-0.25, -0.2) is 5.48 Å². The van der Waals surface area contributed by atoms with E-state index in [0.29, 0.717) is 19.4 Å². The van der Waals surface area contributed by atoms with Gasteiger partial charge in [0.2, 0.25) is 5.91 Å². The van der Waals surface area contributed by atoms with Crippen molar-refractivity contribution in [2.24, 2.45) is 11.3 Å². The van der Waals surface area contributed by atoms with Crippen LogP contribution in [0.1, 0.15) is 42.4 Å². The van der Waals surface area contributed by atoms with E-state index in [2.05, 4.69) is 28.8 Å². The van der Waals surface area contributed by atoms with Crippen LogP contribution in [0.15, 0.2) is 18.2 Å². The smallest absolute Gasteiger partial charge is 0.248 e. The number of piperidine rings is 1. The van der Waals surface area contributed by atoms with Crippen molar-refractivity contribution in [1.29, 1.82) is 0 Å². The number of carbonyl (C=O) groups is 2. The van der Waals surface area contributed by atoms with Crippen molar-refractivity contribution in [2.45, 2.75) is 51.6 Å². The molecule has 7 nitrogen and oxygen atoms in total. The molecule has 1 saturated carbocycles. The van der Waals surface area contributed by atoms with E-state index in [-0.39, 0.29) is 17.2 Å². The van der Waals surface area contributed by atoms with Crippen molar-refractivity contribution in [3.63, 3.8) is 0 Å². The van der Waals surface area contributed by atoms with E-state index in [1.54, 1.807) is 12.6 Å². The third-order valence-corrected chi connectivity index (χ3v) is 6.98. The summed E-state index contributed by atoms with van der Waals surface area (Å²) in [6, 6.07) is 3.25. The molecule has 1 aromatic carbocycles. The van der Waals surface area contributed by atoms with Gasteiger partial charge < -0.3 is 15.4 Å². The number of Topliss-reactive ketones (excluding diaryl/α,β-unsaturated/α-hetero) is 1. The number of nitrogens with one attached hydrogen (secondary N) is 3. The number of ketones is 1. The zero-order valence-electron chi connectivity index (χ0n) is 17.9. The molecule has 4 rings (SSSR count). The van der Waals surface area contributed by atoms with E-state index in [1.807, 2.05) is 13.8 Å². The zero-order valence-corrected chi connectivity index (χ0v) is 17.9. The molecule has 7 heteroatoms. The maximum atomic E-state index is 13.4. The van der Waals surface area contributed by atoms with Crippen molar-refractivity contribution in [1.82, 2.24) is 16.1 Å². The average molecular weight is 414 g/mol. The summed E-state index contributed by atoms with van der Waals surface area (Å²) in [5.74, 6) is -0.133. The minimum Gasteiger partial charge on any atom is -0.496 e. The summed E-state index contributed by atoms with van der Waals surface area (Å²) in [4.78, 5) is 25.7. The van der Waals surface area contributed by atoms with Crippen LogP contribution >= 0.6 is 0 Å². The second-order valence-electron chi connectivity index (χ2n) is 9.09. The van der Waals surface area contributed by atoms with Crippen LogP contribution in [0.3, 0.4) is 0 Å². The molecule has 2 heterocycles. The fourth-order valence-corrected chi connectivity index (χ4v) is 5.12. The Morgan fingerprint density at radius 3 is 2.50 bits per heavy atom. The fraction of sp³-hybridized carbons (Fsp3) is 0.565. The van der Waals surface area contributed by atoms with Crippen LogP contribution in [0.5, 0.6) is 5.75 Å². The lowest BCUT2D eigenvalue weighted by Gasteiger charge is -2.37. The van der Waals surface area contributed by atoms with E-state index in [1.165, 1.54) is 0 Å². The van der Waals surface area contributed by atoms with E-state index >= 15 is 0 Å². The minimum atomic E-state index is -0.584. The third kappa shape index (κ3) is 3.89. The Morgan fingerprint density at radius 2 is 1.90 bits per heavy atom. The predicted octanol–water partition coefficient (Wildman–Crippen LogP) is 1.89. The summed E-state index contributed by atoms with van der Waals surface area (Å²) in [7, 11) is 1.68. The molecule has 4 N–H and O–H groups in total. The molecule has 3 unspecified atom stereocenters. The topological polar surface area (TPSA) is 99.7 Å². The van der Waals surface area contributed by atoms with Crippen LogP contribution < -0.4 is 20.9 Å². The number of hydrogen-bond donors (Lipinski definition) is 4. The molecule has 3 aliphatic rings. The van der Waals surface area contributed by atoms with Crippen LogP contribution in [0.2, 0.25) is 0 Å². The zero-order chi connectivity index (χ0) is 21.5. The summed E-state index contributed by atoms with van der Waals surface area (Å²) >= 11 is 0. The second kappa shape index (κ2) is 8.13. The molecule has 30 heavy (non-hydrogen) atoms. The Balaban J connectivity index is 1.51. The van der Waals surface area contributed by atoms with Gasteiger partial charge in [-0.05, 0) is 79.3 Å². The first-order valence-corrected chi connectivity index (χ1v) is 10.7. The molecule has 0 aromatic heterocycles. The Kier molecular flexibility index (Phi) is 5.70. The molecule has 0 bridgehead atoms. The summed E-state index contributed by atoms with van der Waals surface area (Å²) in [5, 5.41) is 15.8. The van der Waals surface area contributed by atoms with Crippen LogP contribution in [0, 0.1) is 25.2 Å². The summed E-state index contributed by atoms with van der Waals surface area (Å²) in [6.45, 7) is 5.41. The highest BCUT2D eigenvalue weighted by Crippen LogP contribution is 2.52. The number of methoxy groups -OCH3 is 1. The molecule has 162 valence electrons. The quantitative estimate of drug-likeness (QED) is 0.435. The van der Waals surface area contributed by atoms with E-state index in [4.69, 9.17) is 4.74 Å². The molecule has 1 aliphatic carbocycles. The minimum absolute atomic E-state index is 0.00773. The number of amides is 1. The Labute approximate surface area is 177 Å². The highest BCUT2D eigenvalue weighted by atomic mass is 16.5. The number of rotatable bonds is 5. The molecular formula is C23H31N3O4. The first kappa shape index (κ1) is 21.0. The maximum Gasteiger partial charge on any atom is 0.248 e. The van der Waals surface area contributed by atoms with Crippen LogP contribution in [-0.4, -0.2) is 49.2 Å². The number of aryl methyl sites for hydroxylation is 2. The Morgan fingerprint density at radius 1 is 1.20 bits per heavy atom. The molecule has 0 radical (unpaired) electrons. The summed E-state index contributed by atoms with van der Waals surface area (Å²) in [6.07, 6.45) is 5.48. The molecule has 1 amide bonds. The number of ether oxygens (including phenoxy) is 1. The molecule has 2 aliphatic heterocycles. The van der Waals surface area contributed by atoms with Gasteiger partial charge in [-0.2, -0.15) is 0 Å². The predicted molar refractivity (Wildman–Crippen MR) is 113 cm³/mol. The van der Waals surface area contributed by atoms with E-state index in [9.17, 15) is 14.8 Å². The van der Waals surface area contributed by atoms with Crippen LogP contribution in [-0.2, 0) is 9.59 Å². The molecular weight excluding hydrogens is 382 g/mol. The van der Waals surface area contributed by atoms with Gasteiger partial charge in [0, 0.05) is 13.1 Å². The number of hydroxylamine groups is 1. The number of benzene rings is 1. The highest BCUT2D eigenvalue weighted by Gasteiger charge is 2.52. The van der Waals surface area contributed by atoms with Gasteiger partial charge in [-0.3, -0.25) is 14.8 Å². The van der Waals surface area contributed by atoms with Crippen molar-refractivity contribution < 1.29 is 19.5 Å². The maximum absolute atomic E-state index is 13.4. The lowest BCUT2D eigenvalue weighted by molar-refractivity contribution is -0.140. The van der Waals surface area contributed by atoms with Gasteiger partial charge in [0.25, 0.3) is 0 Å². The Bertz CT molecular complexity index is 867. The largest absolute Gasteiger partial charge is 0.496 e. The summed E-state index contributed by atoms with van der Waals surface area (Å²) < 4.78 is 5.47. The molecule has 3 atom stereocenters. The lowest BCUT2D eigenvalue weighted by atomic mass is 9.78. The van der Waals surface area contributed by atoms with Gasteiger partial charge >= 0.3 is 0 Å². The first-order valence-electron chi connectivity index (χ1n) is 10.7. The van der Waals surface area contributed by atoms with Crippen LogP contribution in [0.4, 0.5) is 0 Å².